The minimum Gasteiger partial charge on any atom is -0.356 e. The van der Waals surface area contributed by atoms with Gasteiger partial charge in [0.2, 0.25) is 5.91 Å². The molecular formula is C18H23N5O. The van der Waals surface area contributed by atoms with Crippen LogP contribution in [0.3, 0.4) is 0 Å². The topological polar surface area (TPSA) is 75.6 Å². The third kappa shape index (κ3) is 3.32. The first kappa shape index (κ1) is 16.2. The summed E-state index contributed by atoms with van der Waals surface area (Å²) in [5.74, 6) is 0.0316. The van der Waals surface area contributed by atoms with Crippen molar-refractivity contribution in [3.8, 4) is 0 Å². The quantitative estimate of drug-likeness (QED) is 0.684. The van der Waals surface area contributed by atoms with Crippen molar-refractivity contribution in [2.75, 3.05) is 6.54 Å². The predicted octanol–water partition coefficient (Wildman–Crippen LogP) is 2.43. The second-order valence-corrected chi connectivity index (χ2v) is 6.12. The highest BCUT2D eigenvalue weighted by Crippen LogP contribution is 2.17. The fraction of sp³-hybridized carbons (Fsp3) is 0.389. The Labute approximate surface area is 141 Å². The van der Waals surface area contributed by atoms with E-state index in [0.29, 0.717) is 13.0 Å². The van der Waals surface area contributed by atoms with Gasteiger partial charge in [0.25, 0.3) is 0 Å². The molecule has 0 aliphatic carbocycles. The summed E-state index contributed by atoms with van der Waals surface area (Å²) in [4.78, 5) is 12.1. The lowest BCUT2D eigenvalue weighted by atomic mass is 10.1. The second-order valence-electron chi connectivity index (χ2n) is 6.12. The zero-order valence-electron chi connectivity index (χ0n) is 14.4. The number of amides is 1. The molecule has 0 atom stereocenters. The molecule has 3 rings (SSSR count). The van der Waals surface area contributed by atoms with Crippen LogP contribution in [0.1, 0.15) is 29.1 Å². The van der Waals surface area contributed by atoms with Crippen LogP contribution < -0.4 is 5.32 Å². The highest BCUT2D eigenvalue weighted by atomic mass is 16.1. The van der Waals surface area contributed by atoms with Crippen molar-refractivity contribution in [2.24, 2.45) is 0 Å². The minimum atomic E-state index is 0.0316. The molecule has 0 radical (unpaired) electrons. The molecule has 0 saturated carbocycles. The molecule has 0 aliphatic rings. The predicted molar refractivity (Wildman–Crippen MR) is 93.9 cm³/mol. The summed E-state index contributed by atoms with van der Waals surface area (Å²) in [5, 5.41) is 15.8. The molecule has 3 aromatic rings. The lowest BCUT2D eigenvalue weighted by molar-refractivity contribution is -0.120. The second kappa shape index (κ2) is 6.86. The molecule has 0 bridgehead atoms. The van der Waals surface area contributed by atoms with E-state index in [9.17, 15) is 4.79 Å². The Balaban J connectivity index is 1.51. The fourth-order valence-corrected chi connectivity index (χ4v) is 2.98. The van der Waals surface area contributed by atoms with E-state index < -0.39 is 0 Å². The number of para-hydroxylation sites is 1. The van der Waals surface area contributed by atoms with Gasteiger partial charge in [0.05, 0.1) is 23.3 Å². The van der Waals surface area contributed by atoms with Gasteiger partial charge >= 0.3 is 0 Å². The number of H-pyrrole nitrogens is 1. The van der Waals surface area contributed by atoms with E-state index in [-0.39, 0.29) is 5.91 Å². The molecule has 126 valence electrons. The van der Waals surface area contributed by atoms with Crippen LogP contribution in [-0.2, 0) is 17.8 Å². The van der Waals surface area contributed by atoms with Gasteiger partial charge in [0.15, 0.2) is 0 Å². The van der Waals surface area contributed by atoms with E-state index in [1.54, 1.807) is 0 Å². The molecule has 0 spiro atoms. The summed E-state index contributed by atoms with van der Waals surface area (Å²) in [6.45, 7) is 7.31. The number of hydrogen-bond donors (Lipinski definition) is 2. The van der Waals surface area contributed by atoms with Gasteiger partial charge < -0.3 is 5.32 Å². The highest BCUT2D eigenvalue weighted by Gasteiger charge is 2.11. The molecule has 0 saturated heterocycles. The molecule has 2 heterocycles. The molecule has 2 N–H and O–H groups in total. The molecule has 2 aromatic heterocycles. The molecule has 6 nitrogen and oxygen atoms in total. The first-order chi connectivity index (χ1) is 11.6. The maximum absolute atomic E-state index is 12.1. The van der Waals surface area contributed by atoms with Gasteiger partial charge in [0.1, 0.15) is 0 Å². The van der Waals surface area contributed by atoms with Crippen molar-refractivity contribution in [3.63, 3.8) is 0 Å². The standard InChI is InChI=1S/C18H23N5O/c1-12-16(13(2)21-20-12)11-18(24)19-9-6-10-23-17-8-5-4-7-15(17)14(3)22-23/h4-5,7-8H,6,9-11H2,1-3H3,(H,19,24)(H,20,21). The highest BCUT2D eigenvalue weighted by molar-refractivity contribution is 5.81. The number of nitrogens with one attached hydrogen (secondary N) is 2. The number of nitrogens with zero attached hydrogens (tertiary/aromatic N) is 3. The first-order valence-corrected chi connectivity index (χ1v) is 8.25. The third-order valence-electron chi connectivity index (χ3n) is 4.33. The molecule has 0 unspecified atom stereocenters. The van der Waals surface area contributed by atoms with Crippen LogP contribution in [0.2, 0.25) is 0 Å². The minimum absolute atomic E-state index is 0.0316. The van der Waals surface area contributed by atoms with Gasteiger partial charge in [-0.25, -0.2) is 0 Å². The molecule has 1 amide bonds. The normalized spacial score (nSPS) is 11.1. The van der Waals surface area contributed by atoms with Gasteiger partial charge in [-0.1, -0.05) is 18.2 Å². The van der Waals surface area contributed by atoms with E-state index in [4.69, 9.17) is 0 Å². The number of aryl methyl sites for hydroxylation is 4. The summed E-state index contributed by atoms with van der Waals surface area (Å²) in [6.07, 6.45) is 1.22. The van der Waals surface area contributed by atoms with Crippen LogP contribution >= 0.6 is 0 Å². The number of aromatic nitrogens is 4. The lowest BCUT2D eigenvalue weighted by Crippen LogP contribution is -2.27. The number of hydrogen-bond acceptors (Lipinski definition) is 3. The summed E-state index contributed by atoms with van der Waals surface area (Å²) in [5.41, 5.74) is 5.02. The van der Waals surface area contributed by atoms with Crippen molar-refractivity contribution in [3.05, 3.63) is 46.9 Å². The average Bonchev–Trinajstić information content (AvgIpc) is 3.06. The smallest absolute Gasteiger partial charge is 0.224 e. The average molecular weight is 325 g/mol. The van der Waals surface area contributed by atoms with Gasteiger partial charge in [-0.15, -0.1) is 0 Å². The molecule has 6 heteroatoms. The zero-order valence-corrected chi connectivity index (χ0v) is 14.4. The van der Waals surface area contributed by atoms with E-state index in [0.717, 1.165) is 41.1 Å². The number of rotatable bonds is 6. The molecule has 0 fully saturated rings. The van der Waals surface area contributed by atoms with Crippen LogP contribution in [0.5, 0.6) is 0 Å². The van der Waals surface area contributed by atoms with Crippen molar-refractivity contribution >= 4 is 16.8 Å². The van der Waals surface area contributed by atoms with E-state index in [1.807, 2.05) is 37.6 Å². The Hall–Kier alpha value is -2.63. The number of benzene rings is 1. The van der Waals surface area contributed by atoms with Crippen molar-refractivity contribution in [1.82, 2.24) is 25.3 Å². The maximum atomic E-state index is 12.1. The Morgan fingerprint density at radius 2 is 2.00 bits per heavy atom. The Bertz CT molecular complexity index is 842. The molecular weight excluding hydrogens is 302 g/mol. The number of carbonyl (C=O) groups is 1. The van der Waals surface area contributed by atoms with E-state index in [2.05, 4.69) is 32.7 Å². The molecule has 1 aromatic carbocycles. The van der Waals surface area contributed by atoms with Crippen LogP contribution in [0.25, 0.3) is 10.9 Å². The summed E-state index contributed by atoms with van der Waals surface area (Å²) in [6, 6.07) is 8.22. The largest absolute Gasteiger partial charge is 0.356 e. The SMILES string of the molecule is Cc1n[nH]c(C)c1CC(=O)NCCCn1nc(C)c2ccccc21. The molecule has 24 heavy (non-hydrogen) atoms. The number of aromatic amines is 1. The summed E-state index contributed by atoms with van der Waals surface area (Å²) in [7, 11) is 0. The van der Waals surface area contributed by atoms with Crippen molar-refractivity contribution < 1.29 is 4.79 Å². The Morgan fingerprint density at radius 1 is 1.21 bits per heavy atom. The summed E-state index contributed by atoms with van der Waals surface area (Å²) >= 11 is 0. The van der Waals surface area contributed by atoms with Crippen LogP contribution in [0, 0.1) is 20.8 Å². The number of fused-ring (bicyclic) bond motifs is 1. The third-order valence-corrected chi connectivity index (χ3v) is 4.33. The van der Waals surface area contributed by atoms with Gasteiger partial charge in [0, 0.05) is 29.7 Å². The summed E-state index contributed by atoms with van der Waals surface area (Å²) < 4.78 is 2.02. The monoisotopic (exact) mass is 325 g/mol. The fourth-order valence-electron chi connectivity index (χ4n) is 2.98. The van der Waals surface area contributed by atoms with E-state index in [1.165, 1.54) is 5.39 Å². The van der Waals surface area contributed by atoms with Crippen LogP contribution in [0.15, 0.2) is 24.3 Å². The molecule has 0 aliphatic heterocycles. The van der Waals surface area contributed by atoms with E-state index >= 15 is 0 Å². The van der Waals surface area contributed by atoms with Gasteiger partial charge in [-0.2, -0.15) is 10.2 Å². The maximum Gasteiger partial charge on any atom is 0.224 e. The van der Waals surface area contributed by atoms with Crippen molar-refractivity contribution in [1.29, 1.82) is 0 Å². The Morgan fingerprint density at radius 3 is 2.75 bits per heavy atom. The first-order valence-electron chi connectivity index (χ1n) is 8.25. The number of carbonyl (C=O) groups excluding carboxylic acids is 1. The van der Waals surface area contributed by atoms with Gasteiger partial charge in [-0.05, 0) is 33.3 Å². The van der Waals surface area contributed by atoms with Gasteiger partial charge in [-0.3, -0.25) is 14.6 Å². The van der Waals surface area contributed by atoms with Crippen LogP contribution in [-0.4, -0.2) is 32.4 Å². The Kier molecular flexibility index (Phi) is 4.64. The zero-order chi connectivity index (χ0) is 17.1. The van der Waals surface area contributed by atoms with Crippen molar-refractivity contribution in [2.45, 2.75) is 40.2 Å². The lowest BCUT2D eigenvalue weighted by Gasteiger charge is -2.07. The van der Waals surface area contributed by atoms with Crippen LogP contribution in [0.4, 0.5) is 0 Å².